The number of carbonyl (C=O) groups excluding carboxylic acids is 1. The number of nitrogens with one attached hydrogen (secondary N) is 1. The number of aliphatic hydroxyl groups is 1. The summed E-state index contributed by atoms with van der Waals surface area (Å²) in [5, 5.41) is 11.3. The van der Waals surface area contributed by atoms with Crippen LogP contribution in [0.2, 0.25) is 0 Å². The van der Waals surface area contributed by atoms with Crippen molar-refractivity contribution in [1.82, 2.24) is 10.2 Å². The quantitative estimate of drug-likeness (QED) is 0.816. The maximum atomic E-state index is 12.2. The van der Waals surface area contributed by atoms with Crippen molar-refractivity contribution in [2.45, 2.75) is 31.3 Å². The fraction of sp³-hybridized carbons (Fsp3) is 0.562. The van der Waals surface area contributed by atoms with Crippen LogP contribution in [0.1, 0.15) is 12.0 Å². The number of hydrogen-bond donors (Lipinski definition) is 2. The van der Waals surface area contributed by atoms with E-state index in [-0.39, 0.29) is 6.54 Å². The minimum atomic E-state index is -4.67. The van der Waals surface area contributed by atoms with Crippen molar-refractivity contribution in [3.8, 4) is 0 Å². The molecule has 0 unspecified atom stereocenters. The van der Waals surface area contributed by atoms with E-state index in [0.29, 0.717) is 26.2 Å². The second kappa shape index (κ2) is 8.46. The lowest BCUT2D eigenvalue weighted by atomic mass is 10.2. The summed E-state index contributed by atoms with van der Waals surface area (Å²) in [7, 11) is 0. The van der Waals surface area contributed by atoms with E-state index in [0.717, 1.165) is 5.56 Å². The van der Waals surface area contributed by atoms with Gasteiger partial charge in [0.05, 0.1) is 6.61 Å². The molecule has 0 bridgehead atoms. The third-order valence-corrected chi connectivity index (χ3v) is 3.79. The van der Waals surface area contributed by atoms with Gasteiger partial charge in [-0.2, -0.15) is 13.2 Å². The van der Waals surface area contributed by atoms with Gasteiger partial charge in [-0.3, -0.25) is 9.69 Å². The number of morpholine rings is 1. The van der Waals surface area contributed by atoms with Crippen LogP contribution in [0.3, 0.4) is 0 Å². The average molecular weight is 346 g/mol. The fourth-order valence-electron chi connectivity index (χ4n) is 2.46. The van der Waals surface area contributed by atoms with Gasteiger partial charge < -0.3 is 15.2 Å². The first kappa shape index (κ1) is 18.7. The summed E-state index contributed by atoms with van der Waals surface area (Å²) < 4.78 is 42.0. The minimum Gasteiger partial charge on any atom is -0.384 e. The highest BCUT2D eigenvalue weighted by atomic mass is 19.4. The van der Waals surface area contributed by atoms with Crippen LogP contribution < -0.4 is 5.32 Å². The minimum absolute atomic E-state index is 0.252. The van der Waals surface area contributed by atoms with Crippen LogP contribution in [0, 0.1) is 0 Å². The zero-order chi connectivity index (χ0) is 17.6. The average Bonchev–Trinajstić information content (AvgIpc) is 2.55. The van der Waals surface area contributed by atoms with Gasteiger partial charge in [0.1, 0.15) is 6.10 Å². The Kier molecular flexibility index (Phi) is 6.59. The van der Waals surface area contributed by atoms with E-state index in [2.05, 4.69) is 10.2 Å². The van der Waals surface area contributed by atoms with Gasteiger partial charge in [-0.1, -0.05) is 30.3 Å². The maximum Gasteiger partial charge on any atom is 0.414 e. The van der Waals surface area contributed by atoms with Gasteiger partial charge in [0.2, 0.25) is 5.91 Å². The van der Waals surface area contributed by atoms with E-state index >= 15 is 0 Å². The third kappa shape index (κ3) is 5.77. The fourth-order valence-corrected chi connectivity index (χ4v) is 2.46. The summed E-state index contributed by atoms with van der Waals surface area (Å²) in [5.41, 5.74) is 1.12. The lowest BCUT2D eigenvalue weighted by Crippen LogP contribution is -2.50. The summed E-state index contributed by atoms with van der Waals surface area (Å²) >= 11 is 0. The lowest BCUT2D eigenvalue weighted by molar-refractivity contribution is -0.205. The molecule has 134 valence electrons. The number of rotatable bonds is 6. The van der Waals surface area contributed by atoms with E-state index in [4.69, 9.17) is 9.84 Å². The normalized spacial score (nSPS) is 20.6. The molecule has 0 spiro atoms. The van der Waals surface area contributed by atoms with Crippen molar-refractivity contribution in [1.29, 1.82) is 0 Å². The van der Waals surface area contributed by atoms with Crippen LogP contribution in [-0.4, -0.2) is 60.5 Å². The summed E-state index contributed by atoms with van der Waals surface area (Å²) in [6.45, 7) is 1.88. The third-order valence-electron chi connectivity index (χ3n) is 3.79. The molecule has 0 radical (unpaired) electrons. The molecule has 1 aliphatic rings. The van der Waals surface area contributed by atoms with E-state index in [1.54, 1.807) is 0 Å². The summed E-state index contributed by atoms with van der Waals surface area (Å²) in [6, 6.07) is 9.78. The topological polar surface area (TPSA) is 61.8 Å². The van der Waals surface area contributed by atoms with Crippen LogP contribution in [0.25, 0.3) is 0 Å². The maximum absolute atomic E-state index is 12.2. The van der Waals surface area contributed by atoms with Crippen molar-refractivity contribution in [2.24, 2.45) is 0 Å². The molecule has 0 aromatic heterocycles. The van der Waals surface area contributed by atoms with Gasteiger partial charge in [0.15, 0.2) is 6.10 Å². The van der Waals surface area contributed by atoms with Crippen LogP contribution in [0.15, 0.2) is 30.3 Å². The standard InChI is InChI=1S/C16H21F3N2O3/c17-16(18,19)14(22)6-7-20-15(23)13-11-21(8-9-24-13)10-12-4-2-1-3-5-12/h1-5,13-14,22H,6-11H2,(H,20,23)/t13-,14-/m0/s1. The largest absolute Gasteiger partial charge is 0.414 e. The molecule has 2 atom stereocenters. The summed E-state index contributed by atoms with van der Waals surface area (Å²) in [4.78, 5) is 14.1. The highest BCUT2D eigenvalue weighted by molar-refractivity contribution is 5.81. The van der Waals surface area contributed by atoms with Crippen LogP contribution in [0.4, 0.5) is 13.2 Å². The van der Waals surface area contributed by atoms with E-state index in [1.807, 2.05) is 30.3 Å². The molecule has 1 aliphatic heterocycles. The Hall–Kier alpha value is -1.64. The Bertz CT molecular complexity index is 525. The zero-order valence-electron chi connectivity index (χ0n) is 13.1. The monoisotopic (exact) mass is 346 g/mol. The molecule has 2 N–H and O–H groups in total. The van der Waals surface area contributed by atoms with Crippen molar-refractivity contribution in [3.05, 3.63) is 35.9 Å². The molecule has 5 nitrogen and oxygen atoms in total. The SMILES string of the molecule is O=C(NCC[C@H](O)C(F)(F)F)[C@@H]1CN(Cc2ccccc2)CCO1. The van der Waals surface area contributed by atoms with Crippen LogP contribution >= 0.6 is 0 Å². The van der Waals surface area contributed by atoms with Gasteiger partial charge in [0.25, 0.3) is 0 Å². The Morgan fingerprint density at radius 3 is 2.75 bits per heavy atom. The molecule has 1 amide bonds. The number of nitrogens with zero attached hydrogens (tertiary/aromatic N) is 1. The molecule has 8 heteroatoms. The molecule has 2 rings (SSSR count). The Labute approximate surface area is 138 Å². The number of ether oxygens (including phenoxy) is 1. The number of aliphatic hydroxyl groups excluding tert-OH is 1. The van der Waals surface area contributed by atoms with Crippen LogP contribution in [-0.2, 0) is 16.1 Å². The van der Waals surface area contributed by atoms with E-state index < -0.39 is 30.7 Å². The van der Waals surface area contributed by atoms with Crippen molar-refractivity contribution in [3.63, 3.8) is 0 Å². The first-order chi connectivity index (χ1) is 11.4. The molecule has 1 aromatic rings. The molecule has 0 aliphatic carbocycles. The predicted octanol–water partition coefficient (Wildman–Crippen LogP) is 1.32. The molecule has 1 heterocycles. The van der Waals surface area contributed by atoms with E-state index in [9.17, 15) is 18.0 Å². The zero-order valence-corrected chi connectivity index (χ0v) is 13.1. The molecule has 24 heavy (non-hydrogen) atoms. The van der Waals surface area contributed by atoms with Gasteiger partial charge in [0, 0.05) is 26.2 Å². The number of hydrogen-bond acceptors (Lipinski definition) is 4. The van der Waals surface area contributed by atoms with E-state index in [1.165, 1.54) is 0 Å². The summed E-state index contributed by atoms with van der Waals surface area (Å²) in [5.74, 6) is -0.456. The van der Waals surface area contributed by atoms with Crippen molar-refractivity contribution >= 4 is 5.91 Å². The second-order valence-corrected chi connectivity index (χ2v) is 5.72. The number of amides is 1. The number of benzene rings is 1. The molecule has 1 fully saturated rings. The first-order valence-electron chi connectivity index (χ1n) is 7.76. The second-order valence-electron chi connectivity index (χ2n) is 5.72. The predicted molar refractivity (Wildman–Crippen MR) is 81.1 cm³/mol. The highest BCUT2D eigenvalue weighted by Gasteiger charge is 2.37. The number of alkyl halides is 3. The number of halogens is 3. The Balaban J connectivity index is 1.76. The lowest BCUT2D eigenvalue weighted by Gasteiger charge is -2.32. The van der Waals surface area contributed by atoms with Gasteiger partial charge >= 0.3 is 6.18 Å². The first-order valence-corrected chi connectivity index (χ1v) is 7.76. The Morgan fingerprint density at radius 1 is 1.38 bits per heavy atom. The van der Waals surface area contributed by atoms with Crippen molar-refractivity contribution in [2.75, 3.05) is 26.2 Å². The number of carbonyl (C=O) groups is 1. The van der Waals surface area contributed by atoms with Gasteiger partial charge in [-0.05, 0) is 12.0 Å². The summed E-state index contributed by atoms with van der Waals surface area (Å²) in [6.07, 6.45) is -8.39. The Morgan fingerprint density at radius 2 is 2.08 bits per heavy atom. The van der Waals surface area contributed by atoms with Crippen LogP contribution in [0.5, 0.6) is 0 Å². The molecular formula is C16H21F3N2O3. The highest BCUT2D eigenvalue weighted by Crippen LogP contribution is 2.21. The molecule has 1 saturated heterocycles. The smallest absolute Gasteiger partial charge is 0.384 e. The van der Waals surface area contributed by atoms with Gasteiger partial charge in [-0.25, -0.2) is 0 Å². The molecule has 0 saturated carbocycles. The van der Waals surface area contributed by atoms with Gasteiger partial charge in [-0.15, -0.1) is 0 Å². The van der Waals surface area contributed by atoms with Crippen molar-refractivity contribution < 1.29 is 27.8 Å². The molecular weight excluding hydrogens is 325 g/mol. The molecule has 1 aromatic carbocycles.